The summed E-state index contributed by atoms with van der Waals surface area (Å²) in [6, 6.07) is 8.89. The van der Waals surface area contributed by atoms with Crippen LogP contribution < -0.4 is 4.72 Å². The van der Waals surface area contributed by atoms with Crippen LogP contribution in [0.5, 0.6) is 5.75 Å². The van der Waals surface area contributed by atoms with Gasteiger partial charge in [0.1, 0.15) is 10.6 Å². The van der Waals surface area contributed by atoms with Crippen LogP contribution in [0.2, 0.25) is 0 Å². The van der Waals surface area contributed by atoms with E-state index in [1.54, 1.807) is 43.6 Å². The van der Waals surface area contributed by atoms with Gasteiger partial charge in [0.25, 0.3) is 0 Å². The quantitative estimate of drug-likeness (QED) is 0.894. The first-order valence-electron chi connectivity index (χ1n) is 5.71. The summed E-state index contributed by atoms with van der Waals surface area (Å²) < 4.78 is 26.8. The van der Waals surface area contributed by atoms with Crippen molar-refractivity contribution in [2.24, 2.45) is 0 Å². The normalized spacial score (nSPS) is 13.1. The first-order valence-corrected chi connectivity index (χ1v) is 7.19. The van der Waals surface area contributed by atoms with Crippen LogP contribution in [0.25, 0.3) is 0 Å². The summed E-state index contributed by atoms with van der Waals surface area (Å²) in [7, 11) is -3.76. The van der Waals surface area contributed by atoms with Crippen molar-refractivity contribution in [3.05, 3.63) is 54.4 Å². The van der Waals surface area contributed by atoms with Crippen LogP contribution in [0, 0.1) is 0 Å². The molecule has 1 heterocycles. The molecule has 2 rings (SSSR count). The van der Waals surface area contributed by atoms with Crippen LogP contribution in [0.1, 0.15) is 18.5 Å². The van der Waals surface area contributed by atoms with E-state index in [-0.39, 0.29) is 10.6 Å². The van der Waals surface area contributed by atoms with Gasteiger partial charge in [-0.3, -0.25) is 4.98 Å². The Morgan fingerprint density at radius 3 is 2.42 bits per heavy atom. The zero-order valence-corrected chi connectivity index (χ0v) is 11.1. The van der Waals surface area contributed by atoms with Gasteiger partial charge in [0, 0.05) is 18.4 Å². The Hall–Kier alpha value is -1.92. The van der Waals surface area contributed by atoms with Gasteiger partial charge in [-0.2, -0.15) is 0 Å². The summed E-state index contributed by atoms with van der Waals surface area (Å²) in [6.45, 7) is 1.73. The molecule has 19 heavy (non-hydrogen) atoms. The van der Waals surface area contributed by atoms with Gasteiger partial charge in [0.2, 0.25) is 10.0 Å². The van der Waals surface area contributed by atoms with Crippen LogP contribution in [0.3, 0.4) is 0 Å². The summed E-state index contributed by atoms with van der Waals surface area (Å²) in [5, 5.41) is 9.60. The molecular formula is C13H14N2O3S. The fourth-order valence-corrected chi connectivity index (χ4v) is 3.03. The van der Waals surface area contributed by atoms with Crippen molar-refractivity contribution in [1.29, 1.82) is 0 Å². The first kappa shape index (κ1) is 13.5. The lowest BCUT2D eigenvalue weighted by Crippen LogP contribution is -2.26. The molecule has 0 bridgehead atoms. The number of phenolic OH excluding ortho intramolecular Hbond substituents is 1. The van der Waals surface area contributed by atoms with E-state index in [1.165, 1.54) is 12.1 Å². The minimum atomic E-state index is -3.76. The third-order valence-electron chi connectivity index (χ3n) is 2.69. The Balaban J connectivity index is 2.26. The van der Waals surface area contributed by atoms with E-state index in [4.69, 9.17) is 0 Å². The maximum absolute atomic E-state index is 12.2. The molecule has 1 atom stereocenters. The van der Waals surface area contributed by atoms with Gasteiger partial charge in [-0.1, -0.05) is 12.1 Å². The van der Waals surface area contributed by atoms with E-state index in [0.717, 1.165) is 5.56 Å². The Morgan fingerprint density at radius 2 is 1.79 bits per heavy atom. The van der Waals surface area contributed by atoms with Gasteiger partial charge in [0.15, 0.2) is 0 Å². The fraction of sp³-hybridized carbons (Fsp3) is 0.154. The number of hydrogen-bond donors (Lipinski definition) is 2. The van der Waals surface area contributed by atoms with Crippen molar-refractivity contribution in [2.45, 2.75) is 17.9 Å². The van der Waals surface area contributed by atoms with Gasteiger partial charge in [-0.05, 0) is 36.8 Å². The molecule has 100 valence electrons. The molecule has 0 radical (unpaired) electrons. The average Bonchev–Trinajstić information content (AvgIpc) is 2.39. The number of nitrogens with one attached hydrogen (secondary N) is 1. The van der Waals surface area contributed by atoms with E-state index in [0.29, 0.717) is 0 Å². The maximum atomic E-state index is 12.2. The molecule has 1 unspecified atom stereocenters. The number of rotatable bonds is 4. The van der Waals surface area contributed by atoms with Crippen LogP contribution in [-0.2, 0) is 10.0 Å². The average molecular weight is 278 g/mol. The Morgan fingerprint density at radius 1 is 1.16 bits per heavy atom. The highest BCUT2D eigenvalue weighted by Crippen LogP contribution is 2.23. The van der Waals surface area contributed by atoms with E-state index in [2.05, 4.69) is 9.71 Å². The predicted molar refractivity (Wildman–Crippen MR) is 71.1 cm³/mol. The number of sulfonamides is 1. The molecule has 0 fully saturated rings. The topological polar surface area (TPSA) is 79.3 Å². The molecule has 0 aliphatic heterocycles. The van der Waals surface area contributed by atoms with Gasteiger partial charge in [0.05, 0.1) is 0 Å². The van der Waals surface area contributed by atoms with Gasteiger partial charge in [-0.25, -0.2) is 13.1 Å². The van der Waals surface area contributed by atoms with Crippen LogP contribution in [0.15, 0.2) is 53.7 Å². The third kappa shape index (κ3) is 3.10. The lowest BCUT2D eigenvalue weighted by atomic mass is 10.1. The largest absolute Gasteiger partial charge is 0.507 e. The van der Waals surface area contributed by atoms with Crippen LogP contribution in [0.4, 0.5) is 0 Å². The molecule has 0 saturated carbocycles. The predicted octanol–water partition coefficient (Wildman–Crippen LogP) is 1.83. The number of nitrogens with zero attached hydrogens (tertiary/aromatic N) is 1. The highest BCUT2D eigenvalue weighted by Gasteiger charge is 2.21. The first-order chi connectivity index (χ1) is 9.00. The van der Waals surface area contributed by atoms with Crippen molar-refractivity contribution in [3.8, 4) is 5.75 Å². The Labute approximate surface area is 112 Å². The van der Waals surface area contributed by atoms with Crippen molar-refractivity contribution in [1.82, 2.24) is 9.71 Å². The molecule has 0 spiro atoms. The summed E-state index contributed by atoms with van der Waals surface area (Å²) >= 11 is 0. The molecule has 5 nitrogen and oxygen atoms in total. The number of hydrogen-bond acceptors (Lipinski definition) is 4. The van der Waals surface area contributed by atoms with Crippen molar-refractivity contribution < 1.29 is 13.5 Å². The molecule has 1 aromatic heterocycles. The van der Waals surface area contributed by atoms with Crippen molar-refractivity contribution in [2.75, 3.05) is 0 Å². The van der Waals surface area contributed by atoms with Crippen molar-refractivity contribution in [3.63, 3.8) is 0 Å². The highest BCUT2D eigenvalue weighted by molar-refractivity contribution is 7.89. The summed E-state index contributed by atoms with van der Waals surface area (Å²) in [6.07, 6.45) is 3.19. The van der Waals surface area contributed by atoms with Crippen molar-refractivity contribution >= 4 is 10.0 Å². The standard InChI is InChI=1S/C13H14N2O3S/c1-10(11-6-8-14-9-7-11)15-19(17,18)13-5-3-2-4-12(13)16/h2-10,15-16H,1H3. The summed E-state index contributed by atoms with van der Waals surface area (Å²) in [4.78, 5) is 3.75. The molecule has 2 aromatic rings. The number of benzene rings is 1. The third-order valence-corrected chi connectivity index (χ3v) is 4.28. The summed E-state index contributed by atoms with van der Waals surface area (Å²) in [5.41, 5.74) is 0.800. The molecule has 0 aliphatic carbocycles. The van der Waals surface area contributed by atoms with Gasteiger partial charge < -0.3 is 5.11 Å². The second-order valence-electron chi connectivity index (χ2n) is 4.09. The number of aromatic hydroxyl groups is 1. The maximum Gasteiger partial charge on any atom is 0.244 e. The Kier molecular flexibility index (Phi) is 3.82. The molecule has 1 aromatic carbocycles. The minimum absolute atomic E-state index is 0.129. The zero-order chi connectivity index (χ0) is 13.9. The lowest BCUT2D eigenvalue weighted by Gasteiger charge is -2.15. The highest BCUT2D eigenvalue weighted by atomic mass is 32.2. The van der Waals surface area contributed by atoms with Gasteiger partial charge >= 0.3 is 0 Å². The van der Waals surface area contributed by atoms with E-state index >= 15 is 0 Å². The summed E-state index contributed by atoms with van der Waals surface area (Å²) in [5.74, 6) is -0.267. The number of pyridine rings is 1. The van der Waals surface area contributed by atoms with Crippen LogP contribution >= 0.6 is 0 Å². The molecule has 2 N–H and O–H groups in total. The molecule has 6 heteroatoms. The van der Waals surface area contributed by atoms with E-state index in [9.17, 15) is 13.5 Å². The second kappa shape index (κ2) is 5.38. The van der Waals surface area contributed by atoms with E-state index < -0.39 is 16.1 Å². The van der Waals surface area contributed by atoms with Crippen LogP contribution in [-0.4, -0.2) is 18.5 Å². The monoisotopic (exact) mass is 278 g/mol. The molecular weight excluding hydrogens is 264 g/mol. The Bertz CT molecular complexity index is 657. The molecule has 0 aliphatic rings. The molecule has 0 amide bonds. The number of aromatic nitrogens is 1. The second-order valence-corrected chi connectivity index (χ2v) is 5.77. The number of phenols is 1. The SMILES string of the molecule is CC(NS(=O)(=O)c1ccccc1O)c1ccncc1. The number of para-hydroxylation sites is 1. The van der Waals surface area contributed by atoms with Gasteiger partial charge in [-0.15, -0.1) is 0 Å². The fourth-order valence-electron chi connectivity index (χ4n) is 1.70. The minimum Gasteiger partial charge on any atom is -0.507 e. The van der Waals surface area contributed by atoms with E-state index in [1.807, 2.05) is 0 Å². The smallest absolute Gasteiger partial charge is 0.244 e. The molecule has 0 saturated heterocycles. The lowest BCUT2D eigenvalue weighted by molar-refractivity contribution is 0.457. The zero-order valence-electron chi connectivity index (χ0n) is 10.3.